The standard InChI is InChI=1S/C17H31N3O3.ClH/c1-19(2)15(21)11-20(7-8-23-3)17(22)14-9-12-5-4-6-13(10-14)16(12)18;/h12-14,16H,4-11,18H2,1-3H3;1H. The summed E-state index contributed by atoms with van der Waals surface area (Å²) in [5.41, 5.74) is 6.32. The van der Waals surface area contributed by atoms with Gasteiger partial charge in [-0.1, -0.05) is 6.42 Å². The molecule has 24 heavy (non-hydrogen) atoms. The number of nitrogens with zero attached hydrogens (tertiary/aromatic N) is 2. The highest BCUT2D eigenvalue weighted by atomic mass is 35.5. The number of nitrogens with two attached hydrogens (primary N) is 1. The Kier molecular flexibility index (Phi) is 8.46. The minimum absolute atomic E-state index is 0. The molecule has 0 spiro atoms. The van der Waals surface area contributed by atoms with E-state index in [4.69, 9.17) is 10.5 Å². The summed E-state index contributed by atoms with van der Waals surface area (Å²) in [5.74, 6) is 0.982. The summed E-state index contributed by atoms with van der Waals surface area (Å²) in [4.78, 5) is 28.2. The average molecular weight is 362 g/mol. The number of hydrogen-bond acceptors (Lipinski definition) is 4. The number of hydrogen-bond donors (Lipinski definition) is 1. The molecule has 0 saturated heterocycles. The third kappa shape index (κ3) is 5.07. The van der Waals surface area contributed by atoms with Crippen LogP contribution in [0.4, 0.5) is 0 Å². The number of carbonyl (C=O) groups is 2. The average Bonchev–Trinajstić information content (AvgIpc) is 2.50. The minimum atomic E-state index is -0.0536. The van der Waals surface area contributed by atoms with E-state index in [1.54, 1.807) is 26.1 Å². The summed E-state index contributed by atoms with van der Waals surface area (Å²) in [5, 5.41) is 0. The van der Waals surface area contributed by atoms with Crippen LogP contribution in [0, 0.1) is 17.8 Å². The van der Waals surface area contributed by atoms with Crippen LogP contribution in [0.25, 0.3) is 0 Å². The first-order chi connectivity index (χ1) is 10.9. The summed E-state index contributed by atoms with van der Waals surface area (Å²) in [6.45, 7) is 1.05. The van der Waals surface area contributed by atoms with E-state index in [1.165, 1.54) is 11.3 Å². The van der Waals surface area contributed by atoms with E-state index in [0.29, 0.717) is 25.0 Å². The Balaban J connectivity index is 0.00000288. The van der Waals surface area contributed by atoms with Crippen molar-refractivity contribution >= 4 is 24.2 Å². The number of halogens is 1. The van der Waals surface area contributed by atoms with Crippen molar-refractivity contribution in [3.8, 4) is 0 Å². The van der Waals surface area contributed by atoms with Crippen LogP contribution in [-0.2, 0) is 14.3 Å². The fraction of sp³-hybridized carbons (Fsp3) is 0.882. The van der Waals surface area contributed by atoms with Crippen LogP contribution in [0.5, 0.6) is 0 Å². The molecule has 2 saturated carbocycles. The van der Waals surface area contributed by atoms with Crippen LogP contribution >= 0.6 is 12.4 Å². The number of methoxy groups -OCH3 is 1. The topological polar surface area (TPSA) is 75.9 Å². The molecule has 2 aliphatic rings. The number of rotatable bonds is 6. The smallest absolute Gasteiger partial charge is 0.241 e. The molecule has 2 amide bonds. The predicted molar refractivity (Wildman–Crippen MR) is 95.9 cm³/mol. The van der Waals surface area contributed by atoms with Gasteiger partial charge < -0.3 is 20.3 Å². The Morgan fingerprint density at radius 1 is 1.17 bits per heavy atom. The normalized spacial score (nSPS) is 28.7. The molecular weight excluding hydrogens is 330 g/mol. The molecule has 6 nitrogen and oxygen atoms in total. The van der Waals surface area contributed by atoms with Crippen LogP contribution in [0.2, 0.25) is 0 Å². The molecule has 2 bridgehead atoms. The van der Waals surface area contributed by atoms with Gasteiger partial charge in [-0.15, -0.1) is 12.4 Å². The highest BCUT2D eigenvalue weighted by molar-refractivity contribution is 5.86. The van der Waals surface area contributed by atoms with Crippen molar-refractivity contribution in [2.24, 2.45) is 23.5 Å². The third-order valence-electron chi connectivity index (χ3n) is 5.46. The molecule has 140 valence electrons. The van der Waals surface area contributed by atoms with Crippen molar-refractivity contribution < 1.29 is 14.3 Å². The lowest BCUT2D eigenvalue weighted by Crippen LogP contribution is -2.51. The third-order valence-corrected chi connectivity index (χ3v) is 5.46. The first-order valence-corrected chi connectivity index (χ1v) is 8.67. The Bertz CT molecular complexity index is 419. The Labute approximate surface area is 151 Å². The van der Waals surface area contributed by atoms with Gasteiger partial charge in [0.15, 0.2) is 0 Å². The summed E-state index contributed by atoms with van der Waals surface area (Å²) in [6, 6.07) is 0.253. The minimum Gasteiger partial charge on any atom is -0.383 e. The van der Waals surface area contributed by atoms with Crippen LogP contribution in [0.3, 0.4) is 0 Å². The van der Waals surface area contributed by atoms with Crippen LogP contribution in [0.1, 0.15) is 32.1 Å². The molecule has 2 N–H and O–H groups in total. The van der Waals surface area contributed by atoms with Crippen LogP contribution < -0.4 is 5.73 Å². The number of fused-ring (bicyclic) bond motifs is 2. The van der Waals surface area contributed by atoms with Crippen LogP contribution in [-0.4, -0.2) is 68.6 Å². The van der Waals surface area contributed by atoms with Gasteiger partial charge in [0, 0.05) is 39.7 Å². The number of carbonyl (C=O) groups excluding carboxylic acids is 2. The van der Waals surface area contributed by atoms with Crippen molar-refractivity contribution in [2.75, 3.05) is 40.9 Å². The molecule has 0 aromatic carbocycles. The van der Waals surface area contributed by atoms with E-state index in [0.717, 1.165) is 25.7 Å². The second-order valence-electron chi connectivity index (χ2n) is 7.24. The highest BCUT2D eigenvalue weighted by Gasteiger charge is 2.41. The van der Waals surface area contributed by atoms with Gasteiger partial charge >= 0.3 is 0 Å². The summed E-state index contributed by atoms with van der Waals surface area (Å²) in [7, 11) is 5.04. The number of likely N-dealkylation sites (N-methyl/N-ethyl adjacent to an activating group) is 1. The fourth-order valence-electron chi connectivity index (χ4n) is 4.02. The van der Waals surface area contributed by atoms with Gasteiger partial charge in [0.05, 0.1) is 13.2 Å². The molecule has 7 heteroatoms. The predicted octanol–water partition coefficient (Wildman–Crippen LogP) is 1.13. The monoisotopic (exact) mass is 361 g/mol. The first kappa shape index (κ1) is 21.2. The maximum atomic E-state index is 13.0. The van der Waals surface area contributed by atoms with Crippen molar-refractivity contribution in [2.45, 2.75) is 38.1 Å². The maximum Gasteiger partial charge on any atom is 0.241 e. The van der Waals surface area contributed by atoms with Gasteiger partial charge in [0.25, 0.3) is 0 Å². The summed E-state index contributed by atoms with van der Waals surface area (Å²) < 4.78 is 5.10. The van der Waals surface area contributed by atoms with Gasteiger partial charge in [-0.2, -0.15) is 0 Å². The zero-order valence-electron chi connectivity index (χ0n) is 15.1. The second-order valence-corrected chi connectivity index (χ2v) is 7.24. The lowest BCUT2D eigenvalue weighted by molar-refractivity contribution is -0.144. The van der Waals surface area contributed by atoms with E-state index in [-0.39, 0.29) is 42.7 Å². The van der Waals surface area contributed by atoms with E-state index in [9.17, 15) is 9.59 Å². The molecular formula is C17H32ClN3O3. The molecule has 0 aromatic heterocycles. The van der Waals surface area contributed by atoms with Gasteiger partial charge in [-0.05, 0) is 37.5 Å². The van der Waals surface area contributed by atoms with Crippen molar-refractivity contribution in [1.29, 1.82) is 0 Å². The molecule has 2 rings (SSSR count). The SMILES string of the molecule is COCCN(CC(=O)N(C)C)C(=O)C1CC2CCCC(C1)C2N.Cl. The molecule has 2 fully saturated rings. The molecule has 0 radical (unpaired) electrons. The summed E-state index contributed by atoms with van der Waals surface area (Å²) >= 11 is 0. The fourth-order valence-corrected chi connectivity index (χ4v) is 4.02. The highest BCUT2D eigenvalue weighted by Crippen LogP contribution is 2.42. The van der Waals surface area contributed by atoms with E-state index >= 15 is 0 Å². The van der Waals surface area contributed by atoms with Gasteiger partial charge in [0.1, 0.15) is 0 Å². The van der Waals surface area contributed by atoms with Crippen molar-refractivity contribution in [1.82, 2.24) is 9.80 Å². The first-order valence-electron chi connectivity index (χ1n) is 8.67. The molecule has 0 heterocycles. The number of amides is 2. The van der Waals surface area contributed by atoms with E-state index in [2.05, 4.69) is 0 Å². The van der Waals surface area contributed by atoms with E-state index in [1.807, 2.05) is 0 Å². The molecule has 0 aromatic rings. The van der Waals surface area contributed by atoms with Gasteiger partial charge in [-0.25, -0.2) is 0 Å². The molecule has 2 aliphatic carbocycles. The van der Waals surface area contributed by atoms with Crippen LogP contribution in [0.15, 0.2) is 0 Å². The van der Waals surface area contributed by atoms with Crippen molar-refractivity contribution in [3.63, 3.8) is 0 Å². The lowest BCUT2D eigenvalue weighted by atomic mass is 9.65. The maximum absolute atomic E-state index is 13.0. The Morgan fingerprint density at radius 3 is 2.25 bits per heavy atom. The zero-order valence-corrected chi connectivity index (χ0v) is 15.9. The van der Waals surface area contributed by atoms with Crippen molar-refractivity contribution in [3.05, 3.63) is 0 Å². The van der Waals surface area contributed by atoms with Gasteiger partial charge in [0.2, 0.25) is 11.8 Å². The molecule has 2 unspecified atom stereocenters. The quantitative estimate of drug-likeness (QED) is 0.769. The number of ether oxygens (including phenoxy) is 1. The second kappa shape index (κ2) is 9.59. The molecule has 2 atom stereocenters. The largest absolute Gasteiger partial charge is 0.383 e. The van der Waals surface area contributed by atoms with Gasteiger partial charge in [-0.3, -0.25) is 9.59 Å². The summed E-state index contributed by atoms with van der Waals surface area (Å²) in [6.07, 6.45) is 5.25. The zero-order chi connectivity index (χ0) is 17.0. The Morgan fingerprint density at radius 2 is 1.75 bits per heavy atom. The lowest BCUT2D eigenvalue weighted by Gasteiger charge is -2.44. The Hall–Kier alpha value is -0.850. The van der Waals surface area contributed by atoms with E-state index < -0.39 is 0 Å². The molecule has 0 aliphatic heterocycles.